The van der Waals surface area contributed by atoms with Gasteiger partial charge in [-0.3, -0.25) is 4.79 Å². The zero-order valence-corrected chi connectivity index (χ0v) is 7.80. The minimum Gasteiger partial charge on any atom is -0.382 e. The first-order chi connectivity index (χ1) is 5.59. The largest absolute Gasteiger partial charge is 0.382 e. The van der Waals surface area contributed by atoms with Gasteiger partial charge in [0, 0.05) is 18.8 Å². The number of hydrogen-bond donors (Lipinski definition) is 1. The van der Waals surface area contributed by atoms with Crippen LogP contribution in [0.4, 0.5) is 0 Å². The summed E-state index contributed by atoms with van der Waals surface area (Å²) in [5.74, 6) is -0.519. The molecule has 0 spiro atoms. The molecule has 0 aliphatic heterocycles. The molecule has 0 aliphatic rings. The van der Waals surface area contributed by atoms with Gasteiger partial charge in [-0.25, -0.2) is 0 Å². The fourth-order valence-corrected chi connectivity index (χ4v) is 0.305. The second-order valence-electron chi connectivity index (χ2n) is 1.88. The molecule has 12 heavy (non-hydrogen) atoms. The predicted octanol–water partition coefficient (Wildman–Crippen LogP) is 1.26. The first kappa shape index (κ1) is 13.5. The smallest absolute Gasteiger partial charge is 0.248 e. The van der Waals surface area contributed by atoms with Gasteiger partial charge >= 0.3 is 0 Å². The minimum atomic E-state index is -0.519. The Morgan fingerprint density at radius 3 is 1.92 bits per heavy atom. The molecule has 1 amide bonds. The lowest BCUT2D eigenvalue weighted by atomic mass is 10.3. The van der Waals surface area contributed by atoms with E-state index in [1.807, 2.05) is 13.8 Å². The Hall–Kier alpha value is -1.09. The Morgan fingerprint density at radius 2 is 1.92 bits per heavy atom. The molecule has 0 aliphatic carbocycles. The Labute approximate surface area is 73.9 Å². The molecule has 0 unspecified atom stereocenters. The van der Waals surface area contributed by atoms with Gasteiger partial charge in [0.2, 0.25) is 5.91 Å². The van der Waals surface area contributed by atoms with Crippen molar-refractivity contribution in [1.82, 2.24) is 0 Å². The van der Waals surface area contributed by atoms with Crippen LogP contribution in [0.5, 0.6) is 0 Å². The van der Waals surface area contributed by atoms with Gasteiger partial charge in [0.15, 0.2) is 0 Å². The van der Waals surface area contributed by atoms with Gasteiger partial charge in [-0.2, -0.15) is 0 Å². The van der Waals surface area contributed by atoms with Crippen molar-refractivity contribution in [2.45, 2.75) is 13.8 Å². The highest BCUT2D eigenvalue weighted by Crippen LogP contribution is 1.84. The summed E-state index contributed by atoms with van der Waals surface area (Å²) in [6.07, 6.45) is 1.32. The van der Waals surface area contributed by atoms with Crippen LogP contribution in [0.1, 0.15) is 13.8 Å². The monoisotopic (exact) mass is 171 g/mol. The Kier molecular flexibility index (Phi) is 11.1. The maximum atomic E-state index is 9.98. The molecule has 0 saturated heterocycles. The van der Waals surface area contributed by atoms with Crippen LogP contribution in [0.3, 0.4) is 0 Å². The van der Waals surface area contributed by atoms with Crippen molar-refractivity contribution in [2.75, 3.05) is 13.2 Å². The molecule has 70 valence electrons. The van der Waals surface area contributed by atoms with Crippen molar-refractivity contribution in [3.05, 3.63) is 24.8 Å². The van der Waals surface area contributed by atoms with Crippen LogP contribution in [0.2, 0.25) is 0 Å². The average Bonchev–Trinajstić information content (AvgIpc) is 2.05. The zero-order valence-electron chi connectivity index (χ0n) is 7.80. The Morgan fingerprint density at radius 1 is 1.50 bits per heavy atom. The van der Waals surface area contributed by atoms with Gasteiger partial charge in [-0.05, 0) is 13.8 Å². The maximum Gasteiger partial charge on any atom is 0.248 e. The molecule has 0 aromatic carbocycles. The number of carbonyl (C=O) groups is 1. The quantitative estimate of drug-likeness (QED) is 0.511. The molecule has 0 aromatic heterocycles. The molecular formula is C9H17NO2. The van der Waals surface area contributed by atoms with E-state index in [2.05, 4.69) is 13.2 Å². The highest BCUT2D eigenvalue weighted by Gasteiger charge is 1.90. The third-order valence-electron chi connectivity index (χ3n) is 0.971. The minimum absolute atomic E-state index is 0.250. The van der Waals surface area contributed by atoms with Crippen molar-refractivity contribution in [2.24, 2.45) is 5.73 Å². The SMILES string of the molecule is C=CC(=C)C(N)=O.CCOCC. The summed E-state index contributed by atoms with van der Waals surface area (Å²) >= 11 is 0. The van der Waals surface area contributed by atoms with E-state index in [1.54, 1.807) is 0 Å². The molecule has 2 N–H and O–H groups in total. The van der Waals surface area contributed by atoms with Crippen LogP contribution < -0.4 is 5.73 Å². The van der Waals surface area contributed by atoms with E-state index in [-0.39, 0.29) is 5.57 Å². The van der Waals surface area contributed by atoms with E-state index in [4.69, 9.17) is 10.5 Å². The van der Waals surface area contributed by atoms with Gasteiger partial charge in [-0.1, -0.05) is 19.2 Å². The van der Waals surface area contributed by atoms with E-state index >= 15 is 0 Å². The van der Waals surface area contributed by atoms with Crippen LogP contribution >= 0.6 is 0 Å². The van der Waals surface area contributed by atoms with Crippen molar-refractivity contribution >= 4 is 5.91 Å². The van der Waals surface area contributed by atoms with Crippen LogP contribution in [-0.2, 0) is 9.53 Å². The van der Waals surface area contributed by atoms with Crippen LogP contribution in [0.15, 0.2) is 24.8 Å². The van der Waals surface area contributed by atoms with Gasteiger partial charge in [0.25, 0.3) is 0 Å². The molecule has 3 heteroatoms. The number of rotatable bonds is 4. The van der Waals surface area contributed by atoms with Gasteiger partial charge in [-0.15, -0.1) is 0 Å². The summed E-state index contributed by atoms with van der Waals surface area (Å²) in [5, 5.41) is 0. The van der Waals surface area contributed by atoms with E-state index in [1.165, 1.54) is 6.08 Å². The number of hydrogen-bond acceptors (Lipinski definition) is 2. The lowest BCUT2D eigenvalue weighted by Gasteiger charge is -1.86. The highest BCUT2D eigenvalue weighted by atomic mass is 16.5. The van der Waals surface area contributed by atoms with Crippen LogP contribution in [-0.4, -0.2) is 19.1 Å². The fraction of sp³-hybridized carbons (Fsp3) is 0.444. The number of carbonyl (C=O) groups excluding carboxylic acids is 1. The highest BCUT2D eigenvalue weighted by molar-refractivity contribution is 5.93. The average molecular weight is 171 g/mol. The van der Waals surface area contributed by atoms with E-state index < -0.39 is 5.91 Å². The van der Waals surface area contributed by atoms with Crippen molar-refractivity contribution in [3.63, 3.8) is 0 Å². The second kappa shape index (κ2) is 9.91. The summed E-state index contributed by atoms with van der Waals surface area (Å²) in [6, 6.07) is 0. The topological polar surface area (TPSA) is 52.3 Å². The summed E-state index contributed by atoms with van der Waals surface area (Å²) in [7, 11) is 0. The molecule has 0 rings (SSSR count). The summed E-state index contributed by atoms with van der Waals surface area (Å²) < 4.78 is 4.83. The van der Waals surface area contributed by atoms with Crippen molar-refractivity contribution < 1.29 is 9.53 Å². The lowest BCUT2D eigenvalue weighted by Crippen LogP contribution is -2.10. The van der Waals surface area contributed by atoms with E-state index in [0.29, 0.717) is 0 Å². The zero-order chi connectivity index (χ0) is 9.98. The van der Waals surface area contributed by atoms with Crippen LogP contribution in [0, 0.1) is 0 Å². The lowest BCUT2D eigenvalue weighted by molar-refractivity contribution is -0.114. The van der Waals surface area contributed by atoms with Crippen LogP contribution in [0.25, 0.3) is 0 Å². The maximum absolute atomic E-state index is 9.98. The third kappa shape index (κ3) is 11.7. The Bertz CT molecular complexity index is 151. The molecule has 0 radical (unpaired) electrons. The molecular weight excluding hydrogens is 154 g/mol. The summed E-state index contributed by atoms with van der Waals surface area (Å²) in [4.78, 5) is 9.98. The molecule has 0 heterocycles. The summed E-state index contributed by atoms with van der Waals surface area (Å²) in [5.41, 5.74) is 4.99. The molecule has 0 saturated carbocycles. The second-order valence-corrected chi connectivity index (χ2v) is 1.88. The third-order valence-corrected chi connectivity index (χ3v) is 0.971. The number of primary amides is 1. The van der Waals surface area contributed by atoms with E-state index in [0.717, 1.165) is 13.2 Å². The normalized spacial score (nSPS) is 7.83. The number of nitrogens with two attached hydrogens (primary N) is 1. The first-order valence-electron chi connectivity index (χ1n) is 3.78. The molecule has 3 nitrogen and oxygen atoms in total. The van der Waals surface area contributed by atoms with Gasteiger partial charge in [0.05, 0.1) is 0 Å². The molecule has 0 bridgehead atoms. The predicted molar refractivity (Wildman–Crippen MR) is 50.7 cm³/mol. The molecule has 0 aromatic rings. The number of amides is 1. The molecule has 0 fully saturated rings. The number of ether oxygens (including phenoxy) is 1. The van der Waals surface area contributed by atoms with Crippen molar-refractivity contribution in [1.29, 1.82) is 0 Å². The molecule has 0 atom stereocenters. The summed E-state index contributed by atoms with van der Waals surface area (Å²) in [6.45, 7) is 12.2. The Balaban J connectivity index is 0. The van der Waals surface area contributed by atoms with Gasteiger partial charge < -0.3 is 10.5 Å². The van der Waals surface area contributed by atoms with Crippen molar-refractivity contribution in [3.8, 4) is 0 Å². The standard InChI is InChI=1S/C5H7NO.C4H10O/c1-3-4(2)5(6)7;1-3-5-4-2/h3H,1-2H2,(H2,6,7);3-4H2,1-2H3. The van der Waals surface area contributed by atoms with Gasteiger partial charge in [0.1, 0.15) is 0 Å². The van der Waals surface area contributed by atoms with E-state index in [9.17, 15) is 4.79 Å². The first-order valence-corrected chi connectivity index (χ1v) is 3.78. The fourth-order valence-electron chi connectivity index (χ4n) is 0.305.